The number of amides is 1. The van der Waals surface area contributed by atoms with E-state index in [0.29, 0.717) is 32.0 Å². The number of carbonyl (C=O) groups excluding carboxylic acids is 1. The predicted octanol–water partition coefficient (Wildman–Crippen LogP) is 0.455. The molecule has 0 unspecified atom stereocenters. The Labute approximate surface area is 147 Å². The molecule has 1 heterocycles. The zero-order valence-electron chi connectivity index (χ0n) is 14.4. The zero-order chi connectivity index (χ0) is 18.5. The SMILES string of the molecule is COCCN1CCC(C(=O)NO)(S(=O)(=O)c2ccc(OC)cc2)CC1. The third kappa shape index (κ3) is 3.79. The number of nitrogens with one attached hydrogen (secondary N) is 1. The van der Waals surface area contributed by atoms with Crippen LogP contribution in [-0.2, 0) is 19.4 Å². The average molecular weight is 372 g/mol. The number of ether oxygens (including phenoxy) is 2. The minimum Gasteiger partial charge on any atom is -0.497 e. The lowest BCUT2D eigenvalue weighted by Crippen LogP contribution is -2.57. The van der Waals surface area contributed by atoms with Gasteiger partial charge in [0.2, 0.25) is 0 Å². The molecular formula is C16H24N2O6S. The van der Waals surface area contributed by atoms with Crippen molar-refractivity contribution in [3.8, 4) is 5.75 Å². The van der Waals surface area contributed by atoms with Crippen LogP contribution in [0.4, 0.5) is 0 Å². The third-order valence-corrected chi connectivity index (χ3v) is 7.19. The standard InChI is InChI=1S/C16H24N2O6S/c1-23-12-11-18-9-7-16(8-10-18,15(19)17-20)25(21,22)14-5-3-13(24-2)4-6-14/h3-6,20H,7-12H2,1-2H3,(H,17,19). The van der Waals surface area contributed by atoms with Gasteiger partial charge in [0.05, 0.1) is 18.6 Å². The van der Waals surface area contributed by atoms with Crippen molar-refractivity contribution < 1.29 is 27.9 Å². The Hall–Kier alpha value is -1.68. The smallest absolute Gasteiger partial charge is 0.265 e. The first-order valence-corrected chi connectivity index (χ1v) is 9.44. The molecule has 1 amide bonds. The zero-order valence-corrected chi connectivity index (χ0v) is 15.2. The first-order valence-electron chi connectivity index (χ1n) is 7.96. The second-order valence-electron chi connectivity index (χ2n) is 5.95. The van der Waals surface area contributed by atoms with Crippen LogP contribution in [0.25, 0.3) is 0 Å². The molecule has 0 atom stereocenters. The van der Waals surface area contributed by atoms with E-state index in [9.17, 15) is 13.2 Å². The maximum Gasteiger partial charge on any atom is 0.265 e. The third-order valence-electron chi connectivity index (χ3n) is 4.67. The summed E-state index contributed by atoms with van der Waals surface area (Å²) in [6, 6.07) is 5.89. The Kier molecular flexibility index (Phi) is 6.39. The van der Waals surface area contributed by atoms with Crippen molar-refractivity contribution in [2.24, 2.45) is 0 Å². The quantitative estimate of drug-likeness (QED) is 0.529. The fourth-order valence-electron chi connectivity index (χ4n) is 3.06. The number of methoxy groups -OCH3 is 2. The Balaban J connectivity index is 2.32. The topological polar surface area (TPSA) is 105 Å². The van der Waals surface area contributed by atoms with E-state index in [-0.39, 0.29) is 17.7 Å². The largest absolute Gasteiger partial charge is 0.497 e. The van der Waals surface area contributed by atoms with E-state index in [1.54, 1.807) is 12.6 Å². The van der Waals surface area contributed by atoms with Crippen molar-refractivity contribution in [1.29, 1.82) is 0 Å². The molecule has 9 heteroatoms. The summed E-state index contributed by atoms with van der Waals surface area (Å²) in [5.41, 5.74) is 1.55. The molecule has 1 aliphatic heterocycles. The van der Waals surface area contributed by atoms with Crippen molar-refractivity contribution >= 4 is 15.7 Å². The van der Waals surface area contributed by atoms with Gasteiger partial charge in [-0.1, -0.05) is 0 Å². The Morgan fingerprint density at radius 3 is 2.32 bits per heavy atom. The molecule has 1 aliphatic rings. The second kappa shape index (κ2) is 8.13. The minimum absolute atomic E-state index is 0.0299. The van der Waals surface area contributed by atoms with Crippen molar-refractivity contribution in [2.45, 2.75) is 22.5 Å². The van der Waals surface area contributed by atoms with Crippen molar-refractivity contribution in [2.75, 3.05) is 40.5 Å². The number of sulfone groups is 1. The molecule has 1 aromatic carbocycles. The van der Waals surface area contributed by atoms with E-state index in [0.717, 1.165) is 0 Å². The first kappa shape index (κ1) is 19.6. The number of benzene rings is 1. The van der Waals surface area contributed by atoms with Gasteiger partial charge in [-0.25, -0.2) is 13.9 Å². The number of hydroxylamine groups is 1. The van der Waals surface area contributed by atoms with Gasteiger partial charge in [-0.15, -0.1) is 0 Å². The molecule has 2 N–H and O–H groups in total. The summed E-state index contributed by atoms with van der Waals surface area (Å²) >= 11 is 0. The summed E-state index contributed by atoms with van der Waals surface area (Å²) in [6.07, 6.45) is 0.189. The molecular weight excluding hydrogens is 348 g/mol. The highest BCUT2D eigenvalue weighted by Crippen LogP contribution is 2.36. The van der Waals surface area contributed by atoms with Gasteiger partial charge in [0.15, 0.2) is 14.6 Å². The fraction of sp³-hybridized carbons (Fsp3) is 0.562. The molecule has 1 aromatic rings. The summed E-state index contributed by atoms with van der Waals surface area (Å²) in [6.45, 7) is 2.04. The minimum atomic E-state index is -3.99. The van der Waals surface area contributed by atoms with E-state index in [1.165, 1.54) is 31.4 Å². The van der Waals surface area contributed by atoms with Gasteiger partial charge in [-0.2, -0.15) is 0 Å². The number of carbonyl (C=O) groups is 1. The second-order valence-corrected chi connectivity index (χ2v) is 8.21. The summed E-state index contributed by atoms with van der Waals surface area (Å²) in [5, 5.41) is 9.13. The van der Waals surface area contributed by atoms with Gasteiger partial charge in [0.25, 0.3) is 5.91 Å². The van der Waals surface area contributed by atoms with E-state index in [1.807, 2.05) is 4.90 Å². The van der Waals surface area contributed by atoms with Crippen molar-refractivity contribution in [3.05, 3.63) is 24.3 Å². The molecule has 0 aliphatic carbocycles. The maximum absolute atomic E-state index is 13.2. The molecule has 1 fully saturated rings. The van der Waals surface area contributed by atoms with Gasteiger partial charge in [-0.05, 0) is 37.1 Å². The summed E-state index contributed by atoms with van der Waals surface area (Å²) < 4.78 is 34.7. The summed E-state index contributed by atoms with van der Waals surface area (Å²) in [5.74, 6) is -0.372. The number of piperidine rings is 1. The van der Waals surface area contributed by atoms with Crippen LogP contribution in [0.2, 0.25) is 0 Å². The molecule has 0 aromatic heterocycles. The molecule has 0 spiro atoms. The Morgan fingerprint density at radius 2 is 1.84 bits per heavy atom. The van der Waals surface area contributed by atoms with Crippen LogP contribution in [0.5, 0.6) is 5.75 Å². The molecule has 0 radical (unpaired) electrons. The normalized spacial score (nSPS) is 17.9. The van der Waals surface area contributed by atoms with Crippen LogP contribution in [0.1, 0.15) is 12.8 Å². The number of hydrogen-bond donors (Lipinski definition) is 2. The van der Waals surface area contributed by atoms with Gasteiger partial charge < -0.3 is 14.4 Å². The van der Waals surface area contributed by atoms with Crippen LogP contribution < -0.4 is 10.2 Å². The lowest BCUT2D eigenvalue weighted by atomic mass is 9.95. The van der Waals surface area contributed by atoms with Crippen LogP contribution in [0.3, 0.4) is 0 Å². The van der Waals surface area contributed by atoms with Gasteiger partial charge in [0.1, 0.15) is 5.75 Å². The van der Waals surface area contributed by atoms with Crippen LogP contribution >= 0.6 is 0 Å². The molecule has 0 saturated carbocycles. The molecule has 8 nitrogen and oxygen atoms in total. The molecule has 25 heavy (non-hydrogen) atoms. The van der Waals surface area contributed by atoms with E-state index < -0.39 is 20.5 Å². The Bertz CT molecular complexity index is 681. The Morgan fingerprint density at radius 1 is 1.24 bits per heavy atom. The van der Waals surface area contributed by atoms with E-state index >= 15 is 0 Å². The van der Waals surface area contributed by atoms with Gasteiger partial charge in [0, 0.05) is 26.7 Å². The van der Waals surface area contributed by atoms with Crippen molar-refractivity contribution in [3.63, 3.8) is 0 Å². The predicted molar refractivity (Wildman–Crippen MR) is 90.4 cm³/mol. The lowest BCUT2D eigenvalue weighted by Gasteiger charge is -2.39. The monoisotopic (exact) mass is 372 g/mol. The highest BCUT2D eigenvalue weighted by Gasteiger charge is 2.52. The van der Waals surface area contributed by atoms with Crippen LogP contribution in [0, 0.1) is 0 Å². The number of nitrogens with zero attached hydrogens (tertiary/aromatic N) is 1. The highest BCUT2D eigenvalue weighted by atomic mass is 32.2. The highest BCUT2D eigenvalue weighted by molar-refractivity contribution is 7.93. The first-order chi connectivity index (χ1) is 11.9. The number of rotatable bonds is 7. The van der Waals surface area contributed by atoms with Crippen LogP contribution in [-0.4, -0.2) is 69.6 Å². The lowest BCUT2D eigenvalue weighted by molar-refractivity contribution is -0.133. The molecule has 2 rings (SSSR count). The van der Waals surface area contributed by atoms with Crippen molar-refractivity contribution in [1.82, 2.24) is 10.4 Å². The summed E-state index contributed by atoms with van der Waals surface area (Å²) in [4.78, 5) is 14.4. The molecule has 0 bridgehead atoms. The number of hydrogen-bond acceptors (Lipinski definition) is 7. The van der Waals surface area contributed by atoms with Crippen LogP contribution in [0.15, 0.2) is 29.2 Å². The molecule has 1 saturated heterocycles. The van der Waals surface area contributed by atoms with Gasteiger partial charge >= 0.3 is 0 Å². The fourth-order valence-corrected chi connectivity index (χ4v) is 5.01. The van der Waals surface area contributed by atoms with Gasteiger partial charge in [-0.3, -0.25) is 10.0 Å². The molecule has 140 valence electrons. The summed E-state index contributed by atoms with van der Waals surface area (Å²) in [7, 11) is -0.905. The van der Waals surface area contributed by atoms with E-state index in [2.05, 4.69) is 0 Å². The average Bonchev–Trinajstić information content (AvgIpc) is 2.65. The number of likely N-dealkylation sites (tertiary alicyclic amines) is 1. The van der Waals surface area contributed by atoms with E-state index in [4.69, 9.17) is 14.7 Å². The maximum atomic E-state index is 13.2.